The molecule has 1 saturated heterocycles. The number of amides is 2. The summed E-state index contributed by atoms with van der Waals surface area (Å²) in [5.41, 5.74) is 8.10. The number of nitrogens with one attached hydrogen (secondary N) is 1. The van der Waals surface area contributed by atoms with E-state index in [1.165, 1.54) is 6.20 Å². The third kappa shape index (κ3) is 3.63. The Balaban J connectivity index is 1.50. The first kappa shape index (κ1) is 21.8. The van der Waals surface area contributed by atoms with E-state index in [-0.39, 0.29) is 23.4 Å². The van der Waals surface area contributed by atoms with Gasteiger partial charge >= 0.3 is 0 Å². The molecule has 0 bridgehead atoms. The minimum atomic E-state index is -0.845. The summed E-state index contributed by atoms with van der Waals surface area (Å²) in [7, 11) is 0. The van der Waals surface area contributed by atoms with Crippen molar-refractivity contribution in [3.05, 3.63) is 42.2 Å². The van der Waals surface area contributed by atoms with Gasteiger partial charge in [-0.2, -0.15) is 10.4 Å². The number of rotatable bonds is 6. The van der Waals surface area contributed by atoms with Crippen molar-refractivity contribution in [2.75, 3.05) is 18.4 Å². The zero-order chi connectivity index (χ0) is 24.0. The third-order valence-electron chi connectivity index (χ3n) is 6.97. The first-order valence-electron chi connectivity index (χ1n) is 11.4. The lowest BCUT2D eigenvalue weighted by Crippen LogP contribution is -2.36. The van der Waals surface area contributed by atoms with Crippen LogP contribution in [0.5, 0.6) is 0 Å². The zero-order valence-corrected chi connectivity index (χ0v) is 19.2. The Morgan fingerprint density at radius 1 is 1.24 bits per heavy atom. The lowest BCUT2D eigenvalue weighted by atomic mass is 10.00. The lowest BCUT2D eigenvalue weighted by Gasteiger charge is -2.22. The van der Waals surface area contributed by atoms with Crippen molar-refractivity contribution < 1.29 is 9.59 Å². The second kappa shape index (κ2) is 8.09. The van der Waals surface area contributed by atoms with Gasteiger partial charge in [0.1, 0.15) is 11.2 Å². The van der Waals surface area contributed by atoms with E-state index < -0.39 is 11.3 Å². The van der Waals surface area contributed by atoms with E-state index in [4.69, 9.17) is 5.73 Å². The molecule has 5 rings (SSSR count). The van der Waals surface area contributed by atoms with E-state index in [1.807, 2.05) is 19.2 Å². The molecule has 0 radical (unpaired) electrons. The summed E-state index contributed by atoms with van der Waals surface area (Å²) in [6.07, 6.45) is 8.90. The maximum Gasteiger partial charge on any atom is 0.252 e. The molecule has 10 heteroatoms. The number of fused-ring (bicyclic) bond motifs is 1. The molecule has 2 amide bonds. The number of aryl methyl sites for hydroxylation is 1. The minimum Gasteiger partial charge on any atom is -0.378 e. The molecule has 1 saturated carbocycles. The van der Waals surface area contributed by atoms with Gasteiger partial charge in [-0.15, -0.1) is 0 Å². The molecule has 2 atom stereocenters. The molecule has 0 aromatic carbocycles. The Kier molecular flexibility index (Phi) is 5.20. The van der Waals surface area contributed by atoms with Crippen LogP contribution in [0.25, 0.3) is 16.6 Å². The molecule has 174 valence electrons. The van der Waals surface area contributed by atoms with Crippen molar-refractivity contribution in [1.29, 1.82) is 5.26 Å². The van der Waals surface area contributed by atoms with Crippen molar-refractivity contribution in [3.63, 3.8) is 0 Å². The van der Waals surface area contributed by atoms with E-state index >= 15 is 0 Å². The summed E-state index contributed by atoms with van der Waals surface area (Å²) < 4.78 is 1.69. The van der Waals surface area contributed by atoms with Crippen LogP contribution in [0, 0.1) is 29.6 Å². The largest absolute Gasteiger partial charge is 0.378 e. The monoisotopic (exact) mass is 458 g/mol. The van der Waals surface area contributed by atoms with Gasteiger partial charge in [0.2, 0.25) is 5.91 Å². The number of nitriles is 1. The van der Waals surface area contributed by atoms with E-state index in [9.17, 15) is 14.9 Å². The predicted molar refractivity (Wildman–Crippen MR) is 125 cm³/mol. The number of primary amides is 1. The van der Waals surface area contributed by atoms with Crippen molar-refractivity contribution in [3.8, 4) is 17.2 Å². The Labute approximate surface area is 196 Å². The van der Waals surface area contributed by atoms with Gasteiger partial charge < -0.3 is 16.0 Å². The Hall–Kier alpha value is -4.00. The fourth-order valence-corrected chi connectivity index (χ4v) is 4.70. The summed E-state index contributed by atoms with van der Waals surface area (Å²) in [4.78, 5) is 35.6. The second-order valence-corrected chi connectivity index (χ2v) is 9.20. The van der Waals surface area contributed by atoms with Crippen LogP contribution < -0.4 is 11.1 Å². The molecule has 1 aliphatic heterocycles. The number of nitrogens with zero attached hydrogens (tertiary/aromatic N) is 6. The van der Waals surface area contributed by atoms with Crippen LogP contribution in [0.15, 0.2) is 30.9 Å². The van der Waals surface area contributed by atoms with E-state index in [2.05, 4.69) is 33.4 Å². The molecule has 3 aromatic heterocycles. The first-order chi connectivity index (χ1) is 16.3. The Morgan fingerprint density at radius 2 is 1.97 bits per heavy atom. The Bertz CT molecular complexity index is 1320. The van der Waals surface area contributed by atoms with Crippen molar-refractivity contribution in [2.24, 2.45) is 17.1 Å². The molecule has 10 nitrogen and oxygen atoms in total. The van der Waals surface area contributed by atoms with Crippen molar-refractivity contribution in [1.82, 2.24) is 24.5 Å². The summed E-state index contributed by atoms with van der Waals surface area (Å²) in [5.74, 6) is 0.183. The molecular weight excluding hydrogens is 432 g/mol. The number of aromatic nitrogens is 4. The summed E-state index contributed by atoms with van der Waals surface area (Å²) >= 11 is 0. The zero-order valence-electron chi connectivity index (χ0n) is 19.2. The second-order valence-electron chi connectivity index (χ2n) is 9.20. The minimum absolute atomic E-state index is 0.0860. The van der Waals surface area contributed by atoms with Gasteiger partial charge in [0.05, 0.1) is 29.0 Å². The summed E-state index contributed by atoms with van der Waals surface area (Å²) in [6.45, 7) is 4.95. The number of hydrogen-bond acceptors (Lipinski definition) is 7. The highest BCUT2D eigenvalue weighted by atomic mass is 16.2. The van der Waals surface area contributed by atoms with Gasteiger partial charge in [-0.3, -0.25) is 9.59 Å². The molecule has 4 heterocycles. The van der Waals surface area contributed by atoms with Crippen LogP contribution >= 0.6 is 0 Å². The van der Waals surface area contributed by atoms with Gasteiger partial charge in [-0.1, -0.05) is 6.92 Å². The topological polar surface area (TPSA) is 142 Å². The van der Waals surface area contributed by atoms with Gasteiger partial charge in [-0.25, -0.2) is 14.5 Å². The fraction of sp³-hybridized carbons (Fsp3) is 0.417. The van der Waals surface area contributed by atoms with Gasteiger partial charge in [-0.05, 0) is 38.2 Å². The number of carbonyl (C=O) groups excluding carboxylic acids is 2. The van der Waals surface area contributed by atoms with E-state index in [1.54, 1.807) is 21.8 Å². The van der Waals surface area contributed by atoms with Crippen molar-refractivity contribution >= 4 is 23.0 Å². The highest BCUT2D eigenvalue weighted by Crippen LogP contribution is 2.47. The summed E-state index contributed by atoms with van der Waals surface area (Å²) in [5, 5.41) is 17.3. The molecule has 2 aliphatic rings. The number of nitrogens with two attached hydrogens (primary N) is 1. The molecule has 0 unspecified atom stereocenters. The molecule has 1 aliphatic carbocycles. The molecule has 2 fully saturated rings. The van der Waals surface area contributed by atoms with Gasteiger partial charge in [0, 0.05) is 48.8 Å². The average molecular weight is 459 g/mol. The van der Waals surface area contributed by atoms with Crippen LogP contribution in [0.4, 0.5) is 5.69 Å². The first-order valence-corrected chi connectivity index (χ1v) is 11.4. The maximum absolute atomic E-state index is 13.0. The number of anilines is 1. The molecule has 3 aromatic rings. The smallest absolute Gasteiger partial charge is 0.252 e. The predicted octanol–water partition coefficient (Wildman–Crippen LogP) is 2.15. The van der Waals surface area contributed by atoms with Crippen molar-refractivity contribution in [2.45, 2.75) is 39.2 Å². The van der Waals surface area contributed by atoms with E-state index in [0.717, 1.165) is 17.5 Å². The van der Waals surface area contributed by atoms with Crippen LogP contribution in [-0.4, -0.2) is 55.4 Å². The molecule has 0 spiro atoms. The fourth-order valence-electron chi connectivity index (χ4n) is 4.70. The van der Waals surface area contributed by atoms with Crippen LogP contribution in [0.1, 0.15) is 42.4 Å². The van der Waals surface area contributed by atoms with Gasteiger partial charge in [0.15, 0.2) is 0 Å². The van der Waals surface area contributed by atoms with Crippen LogP contribution in [0.3, 0.4) is 0 Å². The maximum atomic E-state index is 13.0. The normalized spacial score (nSPS) is 20.8. The standard InChI is InChI=1S/C24H26N8O2/c1-3-15-10-31(23(34)24(13-25)4-5-24)12-19(15)30-21-18(22(26)33)9-29-32-11-16(6-20(21)32)17-7-27-14(2)28-8-17/h6-9,11,15,19,30H,3-5,10,12H2,1-2H3,(H2,26,33)/t15-,19-/m1/s1. The lowest BCUT2D eigenvalue weighted by molar-refractivity contribution is -0.134. The molecule has 3 N–H and O–H groups in total. The SMILES string of the molecule is CC[C@@H]1CN(C(=O)C2(C#N)CC2)C[C@H]1Nc1c(C(N)=O)cnn2cc(-c3cnc(C)nc3)cc12. The number of carbonyl (C=O) groups is 2. The highest BCUT2D eigenvalue weighted by Gasteiger charge is 2.54. The third-order valence-corrected chi connectivity index (χ3v) is 6.97. The van der Waals surface area contributed by atoms with Crippen LogP contribution in [-0.2, 0) is 4.79 Å². The average Bonchev–Trinajstić information content (AvgIpc) is 3.34. The highest BCUT2D eigenvalue weighted by molar-refractivity contribution is 6.02. The quantitative estimate of drug-likeness (QED) is 0.576. The van der Waals surface area contributed by atoms with Crippen LogP contribution in [0.2, 0.25) is 0 Å². The Morgan fingerprint density at radius 3 is 2.59 bits per heavy atom. The molecular formula is C24H26N8O2. The van der Waals surface area contributed by atoms with E-state index in [0.29, 0.717) is 43.0 Å². The summed E-state index contributed by atoms with van der Waals surface area (Å²) in [6, 6.07) is 4.03. The van der Waals surface area contributed by atoms with Gasteiger partial charge in [0.25, 0.3) is 5.91 Å². The number of likely N-dealkylation sites (tertiary alicyclic amines) is 1. The molecule has 34 heavy (non-hydrogen) atoms. The number of hydrogen-bond donors (Lipinski definition) is 2.